The van der Waals surface area contributed by atoms with E-state index in [0.29, 0.717) is 11.5 Å². The summed E-state index contributed by atoms with van der Waals surface area (Å²) in [6.07, 6.45) is 5.00. The molecule has 7 nitrogen and oxygen atoms in total. The van der Waals surface area contributed by atoms with E-state index in [2.05, 4.69) is 51.7 Å². The van der Waals surface area contributed by atoms with Crippen molar-refractivity contribution >= 4 is 34.1 Å². The number of hydrogen-bond donors (Lipinski definition) is 1. The Morgan fingerprint density at radius 3 is 2.66 bits per heavy atom. The van der Waals surface area contributed by atoms with Crippen LogP contribution in [-0.2, 0) is 6.42 Å². The Bertz CT molecular complexity index is 1430. The molecule has 174 valence electrons. The Morgan fingerprint density at radius 2 is 1.77 bits per heavy atom. The van der Waals surface area contributed by atoms with Gasteiger partial charge in [0, 0.05) is 30.9 Å². The van der Waals surface area contributed by atoms with Gasteiger partial charge in [-0.05, 0) is 60.1 Å². The van der Waals surface area contributed by atoms with Gasteiger partial charge in [-0.25, -0.2) is 5.01 Å². The van der Waals surface area contributed by atoms with Gasteiger partial charge in [0.05, 0.1) is 22.8 Å². The summed E-state index contributed by atoms with van der Waals surface area (Å²) in [6.45, 7) is 0.970. The highest BCUT2D eigenvalue weighted by Gasteiger charge is 2.32. The van der Waals surface area contributed by atoms with Crippen molar-refractivity contribution in [3.63, 3.8) is 0 Å². The normalized spacial score (nSPS) is 16.4. The quantitative estimate of drug-likeness (QED) is 0.417. The molecule has 35 heavy (non-hydrogen) atoms. The van der Waals surface area contributed by atoms with Gasteiger partial charge in [0.2, 0.25) is 6.79 Å². The maximum atomic E-state index is 5.82. The monoisotopic (exact) mass is 481 g/mol. The first-order valence-electron chi connectivity index (χ1n) is 11.5. The third-order valence-electron chi connectivity index (χ3n) is 6.24. The van der Waals surface area contributed by atoms with Gasteiger partial charge in [-0.2, -0.15) is 5.10 Å². The Morgan fingerprint density at radius 1 is 0.943 bits per heavy atom. The summed E-state index contributed by atoms with van der Waals surface area (Å²) in [7, 11) is 0. The molecule has 0 amide bonds. The molecule has 1 atom stereocenters. The number of hydrazone groups is 1. The molecule has 4 aromatic rings. The smallest absolute Gasteiger partial charge is 0.231 e. The average Bonchev–Trinajstić information content (AvgIpc) is 3.56. The molecular formula is C27H23N5O2S. The SMILES string of the molecule is S=C(NCCc1ccccc1)N1N=C(c2ccc3c(c2)OCO3)C[C@H]1c1ccc2nccnc2c1. The molecular weight excluding hydrogens is 458 g/mol. The second kappa shape index (κ2) is 9.31. The van der Waals surface area contributed by atoms with Crippen molar-refractivity contribution in [2.75, 3.05) is 13.3 Å². The van der Waals surface area contributed by atoms with Gasteiger partial charge in [-0.15, -0.1) is 0 Å². The molecule has 2 aliphatic heterocycles. The maximum Gasteiger partial charge on any atom is 0.231 e. The lowest BCUT2D eigenvalue weighted by Gasteiger charge is -2.25. The molecule has 1 N–H and O–H groups in total. The van der Waals surface area contributed by atoms with Crippen LogP contribution in [0.15, 0.2) is 84.2 Å². The van der Waals surface area contributed by atoms with Crippen molar-refractivity contribution in [3.05, 3.63) is 95.8 Å². The second-order valence-corrected chi connectivity index (χ2v) is 8.84. The van der Waals surface area contributed by atoms with Crippen LogP contribution in [-0.4, -0.2) is 39.1 Å². The fourth-order valence-corrected chi connectivity index (χ4v) is 4.70. The van der Waals surface area contributed by atoms with Crippen molar-refractivity contribution in [1.82, 2.24) is 20.3 Å². The Kier molecular flexibility index (Phi) is 5.71. The minimum absolute atomic E-state index is 0.0569. The van der Waals surface area contributed by atoms with Crippen LogP contribution in [0.25, 0.3) is 11.0 Å². The molecule has 1 aromatic heterocycles. The van der Waals surface area contributed by atoms with Crippen molar-refractivity contribution in [3.8, 4) is 11.5 Å². The third kappa shape index (κ3) is 4.40. The molecule has 0 aliphatic carbocycles. The fourth-order valence-electron chi connectivity index (χ4n) is 4.43. The number of nitrogens with one attached hydrogen (secondary N) is 1. The van der Waals surface area contributed by atoms with E-state index in [1.165, 1.54) is 5.56 Å². The first-order chi connectivity index (χ1) is 17.2. The summed E-state index contributed by atoms with van der Waals surface area (Å²) < 4.78 is 11.1. The van der Waals surface area contributed by atoms with E-state index in [4.69, 9.17) is 26.8 Å². The first-order valence-corrected chi connectivity index (χ1v) is 11.9. The van der Waals surface area contributed by atoms with Crippen molar-refractivity contribution < 1.29 is 9.47 Å². The molecule has 2 aliphatic rings. The lowest BCUT2D eigenvalue weighted by molar-refractivity contribution is 0.174. The minimum Gasteiger partial charge on any atom is -0.454 e. The van der Waals surface area contributed by atoms with E-state index >= 15 is 0 Å². The van der Waals surface area contributed by atoms with E-state index < -0.39 is 0 Å². The zero-order valence-electron chi connectivity index (χ0n) is 18.9. The second-order valence-electron chi connectivity index (χ2n) is 8.45. The van der Waals surface area contributed by atoms with Crippen molar-refractivity contribution in [2.24, 2.45) is 5.10 Å². The van der Waals surface area contributed by atoms with Gasteiger partial charge in [0.15, 0.2) is 16.6 Å². The molecule has 0 bridgehead atoms. The molecule has 0 unspecified atom stereocenters. The van der Waals surface area contributed by atoms with Crippen LogP contribution in [0.5, 0.6) is 11.5 Å². The standard InChI is InChI=1S/C27H23N5O2S/c35-27(30-11-10-18-4-2-1-3-5-18)32-24(20-6-8-21-23(14-20)29-13-12-28-21)16-22(31-32)19-7-9-25-26(15-19)34-17-33-25/h1-9,12-15,24H,10-11,16-17H2,(H,30,35)/t24-/m0/s1. The van der Waals surface area contributed by atoms with E-state index in [9.17, 15) is 0 Å². The summed E-state index contributed by atoms with van der Waals surface area (Å²) in [6, 6.07) is 22.4. The molecule has 3 aromatic carbocycles. The van der Waals surface area contributed by atoms with Crippen molar-refractivity contribution in [2.45, 2.75) is 18.9 Å². The van der Waals surface area contributed by atoms with Gasteiger partial charge in [-0.3, -0.25) is 9.97 Å². The average molecular weight is 482 g/mol. The number of aromatic nitrogens is 2. The van der Waals surface area contributed by atoms with Gasteiger partial charge in [0.1, 0.15) is 0 Å². The lowest BCUT2D eigenvalue weighted by atomic mass is 9.98. The number of ether oxygens (including phenoxy) is 2. The number of rotatable bonds is 5. The number of hydrogen-bond acceptors (Lipinski definition) is 6. The first kappa shape index (κ1) is 21.5. The molecule has 6 rings (SSSR count). The molecule has 0 spiro atoms. The number of benzene rings is 3. The number of fused-ring (bicyclic) bond motifs is 2. The largest absolute Gasteiger partial charge is 0.454 e. The lowest BCUT2D eigenvalue weighted by Crippen LogP contribution is -2.37. The molecule has 3 heterocycles. The third-order valence-corrected chi connectivity index (χ3v) is 6.57. The number of nitrogens with zero attached hydrogens (tertiary/aromatic N) is 4. The highest BCUT2D eigenvalue weighted by atomic mass is 32.1. The Hall–Kier alpha value is -4.04. The highest BCUT2D eigenvalue weighted by molar-refractivity contribution is 7.80. The van der Waals surface area contributed by atoms with Crippen LogP contribution in [0.1, 0.15) is 29.2 Å². The highest BCUT2D eigenvalue weighted by Crippen LogP contribution is 2.37. The Balaban J connectivity index is 1.28. The van der Waals surface area contributed by atoms with Crippen LogP contribution >= 0.6 is 12.2 Å². The van der Waals surface area contributed by atoms with Crippen LogP contribution < -0.4 is 14.8 Å². The molecule has 8 heteroatoms. The summed E-state index contributed by atoms with van der Waals surface area (Å²) in [4.78, 5) is 8.89. The van der Waals surface area contributed by atoms with Gasteiger partial charge in [-0.1, -0.05) is 36.4 Å². The van der Waals surface area contributed by atoms with Gasteiger partial charge >= 0.3 is 0 Å². The zero-order valence-corrected chi connectivity index (χ0v) is 19.7. The van der Waals surface area contributed by atoms with Crippen LogP contribution in [0.2, 0.25) is 0 Å². The summed E-state index contributed by atoms with van der Waals surface area (Å²) >= 11 is 5.82. The van der Waals surface area contributed by atoms with Crippen LogP contribution in [0.3, 0.4) is 0 Å². The minimum atomic E-state index is -0.0569. The summed E-state index contributed by atoms with van der Waals surface area (Å²) in [5, 5.41) is 10.9. The number of thiocarbonyl (C=S) groups is 1. The van der Waals surface area contributed by atoms with E-state index in [1.807, 2.05) is 35.3 Å². The van der Waals surface area contributed by atoms with Crippen molar-refractivity contribution in [1.29, 1.82) is 0 Å². The topological polar surface area (TPSA) is 71.9 Å². The van der Waals surface area contributed by atoms with E-state index in [0.717, 1.165) is 52.3 Å². The summed E-state index contributed by atoms with van der Waals surface area (Å²) in [5.41, 5.74) is 6.00. The fraction of sp³-hybridized carbons (Fsp3) is 0.185. The molecule has 0 radical (unpaired) electrons. The molecule has 0 fully saturated rings. The van der Waals surface area contributed by atoms with Gasteiger partial charge < -0.3 is 14.8 Å². The van der Waals surface area contributed by atoms with E-state index in [-0.39, 0.29) is 12.8 Å². The predicted octanol–water partition coefficient (Wildman–Crippen LogP) is 4.63. The van der Waals surface area contributed by atoms with Crippen LogP contribution in [0, 0.1) is 0 Å². The molecule has 0 saturated heterocycles. The van der Waals surface area contributed by atoms with Crippen LogP contribution in [0.4, 0.5) is 0 Å². The Labute approximate surface area is 208 Å². The van der Waals surface area contributed by atoms with E-state index in [1.54, 1.807) is 12.4 Å². The van der Waals surface area contributed by atoms with Gasteiger partial charge in [0.25, 0.3) is 0 Å². The molecule has 0 saturated carbocycles. The maximum absolute atomic E-state index is 5.82. The predicted molar refractivity (Wildman–Crippen MR) is 139 cm³/mol. The summed E-state index contributed by atoms with van der Waals surface area (Å²) in [5.74, 6) is 1.50. The zero-order chi connectivity index (χ0) is 23.6.